The molecule has 0 aliphatic carbocycles. The maximum absolute atomic E-state index is 13.2. The zero-order valence-corrected chi connectivity index (χ0v) is 20.5. The summed E-state index contributed by atoms with van der Waals surface area (Å²) in [6.45, 7) is 0.274. The number of benzene rings is 1. The van der Waals surface area contributed by atoms with Gasteiger partial charge in [0.05, 0.1) is 17.8 Å². The van der Waals surface area contributed by atoms with Gasteiger partial charge in [-0.2, -0.15) is 0 Å². The summed E-state index contributed by atoms with van der Waals surface area (Å²) < 4.78 is 3.48. The van der Waals surface area contributed by atoms with Gasteiger partial charge in [-0.15, -0.1) is 0 Å². The molecular weight excluding hydrogens is 593 g/mol. The first-order valence-electron chi connectivity index (χ1n) is 8.20. The van der Waals surface area contributed by atoms with Crippen LogP contribution in [0.15, 0.2) is 55.0 Å². The molecule has 1 aromatic heterocycles. The summed E-state index contributed by atoms with van der Waals surface area (Å²) in [6.07, 6.45) is 6.85. The second-order valence-corrected chi connectivity index (χ2v) is 9.60. The van der Waals surface area contributed by atoms with Crippen LogP contribution in [0.5, 0.6) is 0 Å². The highest BCUT2D eigenvalue weighted by atomic mass is 79.9. The predicted octanol–water partition coefficient (Wildman–Crippen LogP) is 4.51. The Hall–Kier alpha value is -1.46. The fourth-order valence-electron chi connectivity index (χ4n) is 2.79. The van der Waals surface area contributed by atoms with E-state index in [1.165, 1.54) is 7.05 Å². The number of amides is 2. The Kier molecular flexibility index (Phi) is 6.69. The minimum Gasteiger partial charge on any atom is -0.319 e. The van der Waals surface area contributed by atoms with Gasteiger partial charge in [0, 0.05) is 32.9 Å². The molecule has 3 N–H and O–H groups in total. The monoisotopic (exact) mass is 605 g/mol. The van der Waals surface area contributed by atoms with E-state index in [1.807, 2.05) is 0 Å². The third-order valence-corrected chi connectivity index (χ3v) is 6.06. The third kappa shape index (κ3) is 4.66. The second-order valence-electron chi connectivity index (χ2n) is 6.26. The summed E-state index contributed by atoms with van der Waals surface area (Å²) in [4.78, 5) is 28.8. The number of allylic oxidation sites excluding steroid dienone is 1. The number of hydrogen-bond acceptors (Lipinski definition) is 4. The zero-order valence-electron chi connectivity index (χ0n) is 15.0. The van der Waals surface area contributed by atoms with Crippen molar-refractivity contribution in [1.29, 1.82) is 0 Å². The molecule has 0 bridgehead atoms. The van der Waals surface area contributed by atoms with Crippen molar-refractivity contribution >= 4 is 83.1 Å². The van der Waals surface area contributed by atoms with Crippen molar-refractivity contribution in [3.05, 3.63) is 61.2 Å². The Labute approximate surface area is 197 Å². The number of anilines is 1. The van der Waals surface area contributed by atoms with E-state index in [-0.39, 0.29) is 12.1 Å². The Balaban J connectivity index is 2.02. The fraction of sp³-hybridized carbons (Fsp3) is 0.167. The number of aliphatic imine (C=N–C) groups is 1. The van der Waals surface area contributed by atoms with E-state index >= 15 is 0 Å². The van der Waals surface area contributed by atoms with Crippen LogP contribution in [0.4, 0.5) is 5.69 Å². The largest absolute Gasteiger partial charge is 0.319 e. The quantitative estimate of drug-likeness (QED) is 0.232. The first-order chi connectivity index (χ1) is 13.6. The van der Waals surface area contributed by atoms with Crippen LogP contribution in [0.25, 0.3) is 0 Å². The van der Waals surface area contributed by atoms with Gasteiger partial charge in [0.25, 0.3) is 11.8 Å². The number of halogens is 4. The van der Waals surface area contributed by atoms with Crippen molar-refractivity contribution in [1.82, 2.24) is 9.58 Å². The van der Waals surface area contributed by atoms with Crippen LogP contribution in [0.2, 0.25) is 0 Å². The number of hydrazine groups is 1. The summed E-state index contributed by atoms with van der Waals surface area (Å²) in [7, 11) is 1.43. The molecule has 2 heterocycles. The molecule has 0 spiro atoms. The smallest absolute Gasteiger partial charge is 0.272 e. The first kappa shape index (κ1) is 22.2. The molecule has 1 aliphatic heterocycles. The molecule has 2 aromatic rings. The van der Waals surface area contributed by atoms with Gasteiger partial charge in [-0.1, -0.05) is 27.5 Å². The molecule has 7 nitrogen and oxygen atoms in total. The van der Waals surface area contributed by atoms with E-state index in [0.717, 1.165) is 5.01 Å². The summed E-state index contributed by atoms with van der Waals surface area (Å²) in [5.41, 5.74) is 0.817. The van der Waals surface area contributed by atoms with Gasteiger partial charge < -0.3 is 9.88 Å². The van der Waals surface area contributed by atoms with E-state index < -0.39 is 16.8 Å². The average Bonchev–Trinajstić information content (AvgIpc) is 3.06. The molecule has 1 atom stereocenters. The lowest BCUT2D eigenvalue weighted by atomic mass is 10.1. The van der Waals surface area contributed by atoms with E-state index in [9.17, 15) is 9.59 Å². The van der Waals surface area contributed by atoms with Crippen LogP contribution in [0, 0.1) is 0 Å². The molecule has 3 rings (SSSR count). The van der Waals surface area contributed by atoms with Crippen LogP contribution in [0.3, 0.4) is 0 Å². The predicted molar refractivity (Wildman–Crippen MR) is 125 cm³/mol. The van der Waals surface area contributed by atoms with Gasteiger partial charge in [-0.3, -0.25) is 19.6 Å². The number of nitrogens with zero attached hydrogens (tertiary/aromatic N) is 3. The molecule has 0 fully saturated rings. The highest BCUT2D eigenvalue weighted by Crippen LogP contribution is 2.34. The van der Waals surface area contributed by atoms with E-state index in [0.29, 0.717) is 24.8 Å². The molecule has 0 saturated heterocycles. The van der Waals surface area contributed by atoms with Crippen molar-refractivity contribution < 1.29 is 9.59 Å². The molecule has 1 unspecified atom stereocenters. The van der Waals surface area contributed by atoms with Crippen LogP contribution < -0.4 is 11.2 Å². The highest BCUT2D eigenvalue weighted by Gasteiger charge is 2.32. The van der Waals surface area contributed by atoms with Crippen molar-refractivity contribution in [2.75, 3.05) is 18.9 Å². The molecule has 152 valence electrons. The third-order valence-electron chi connectivity index (χ3n) is 4.12. The number of carbonyl (C=O) groups excluding carboxylic acids is 2. The molecule has 0 saturated carbocycles. The van der Waals surface area contributed by atoms with Gasteiger partial charge >= 0.3 is 0 Å². The fourth-order valence-corrected chi connectivity index (χ4v) is 4.82. The zero-order chi connectivity index (χ0) is 21.3. The number of dihydropyridines is 1. The summed E-state index contributed by atoms with van der Waals surface area (Å²) in [6, 6.07) is 4.96. The van der Waals surface area contributed by atoms with E-state index in [1.54, 1.807) is 47.3 Å². The lowest BCUT2D eigenvalue weighted by Crippen LogP contribution is -2.35. The molecule has 2 amide bonds. The van der Waals surface area contributed by atoms with Gasteiger partial charge in [-0.25, -0.2) is 5.84 Å². The second kappa shape index (κ2) is 8.73. The first-order valence-corrected chi connectivity index (χ1v) is 11.0. The number of aromatic nitrogens is 1. The number of rotatable bonds is 4. The van der Waals surface area contributed by atoms with Crippen LogP contribution >= 0.6 is 59.4 Å². The number of alkyl halides is 1. The number of carbonyl (C=O) groups is 2. The number of nitrogens with one attached hydrogen (secondary N) is 1. The lowest BCUT2D eigenvalue weighted by Gasteiger charge is -2.27. The maximum atomic E-state index is 13.2. The van der Waals surface area contributed by atoms with Gasteiger partial charge in [0.2, 0.25) is 0 Å². The van der Waals surface area contributed by atoms with Crippen LogP contribution in [-0.2, 0) is 5.00 Å². The SMILES string of the molecule is CN(N)C(=O)c1cc(Br)cc(Br)c1NC(=O)c1cc(Br)cn1C1(Cl)C=CC=NC1. The van der Waals surface area contributed by atoms with Gasteiger partial charge in [0.1, 0.15) is 5.69 Å². The van der Waals surface area contributed by atoms with Crippen molar-refractivity contribution in [2.24, 2.45) is 10.8 Å². The number of nitrogens with two attached hydrogens (primary N) is 1. The Morgan fingerprint density at radius 2 is 2.00 bits per heavy atom. The minimum absolute atomic E-state index is 0.226. The lowest BCUT2D eigenvalue weighted by molar-refractivity contribution is 0.0796. The summed E-state index contributed by atoms with van der Waals surface area (Å²) in [5, 5.41) is 3.74. The van der Waals surface area contributed by atoms with Crippen molar-refractivity contribution in [3.63, 3.8) is 0 Å². The van der Waals surface area contributed by atoms with Gasteiger partial charge in [0.15, 0.2) is 5.00 Å². The molecule has 29 heavy (non-hydrogen) atoms. The molecule has 1 aliphatic rings. The summed E-state index contributed by atoms with van der Waals surface area (Å²) >= 11 is 16.8. The number of hydrogen-bond donors (Lipinski definition) is 2. The average molecular weight is 609 g/mol. The standard InChI is InChI=1S/C18H15Br3ClN5O2/c1-26(23)17(29)12-5-10(19)6-13(21)15(12)25-16(28)14-7-11(20)8-27(14)18(22)3-2-4-24-9-18/h2-8H,9,23H2,1H3,(H,25,28). The van der Waals surface area contributed by atoms with Gasteiger partial charge in [-0.05, 0) is 62.2 Å². The maximum Gasteiger partial charge on any atom is 0.272 e. The van der Waals surface area contributed by atoms with Crippen molar-refractivity contribution in [3.8, 4) is 0 Å². The van der Waals surface area contributed by atoms with E-state index in [4.69, 9.17) is 17.4 Å². The topological polar surface area (TPSA) is 92.7 Å². The Morgan fingerprint density at radius 3 is 2.62 bits per heavy atom. The molecular formula is C18H15Br3ClN5O2. The van der Waals surface area contributed by atoms with E-state index in [2.05, 4.69) is 58.1 Å². The molecule has 1 aromatic carbocycles. The normalized spacial score (nSPS) is 18.0. The van der Waals surface area contributed by atoms with Crippen LogP contribution in [0.1, 0.15) is 20.8 Å². The molecule has 0 radical (unpaired) electrons. The molecule has 11 heteroatoms. The highest BCUT2D eigenvalue weighted by molar-refractivity contribution is 9.11. The van der Waals surface area contributed by atoms with Crippen molar-refractivity contribution in [2.45, 2.75) is 5.00 Å². The Bertz CT molecular complexity index is 1050. The Morgan fingerprint density at radius 1 is 1.28 bits per heavy atom. The van der Waals surface area contributed by atoms with Crippen LogP contribution in [-0.4, -0.2) is 41.2 Å². The summed E-state index contributed by atoms with van der Waals surface area (Å²) in [5.74, 6) is 4.70. The minimum atomic E-state index is -1.01.